The van der Waals surface area contributed by atoms with E-state index >= 15 is 0 Å². The Hall–Kier alpha value is -0.628. The standard InChI is InChI=1S/C26H47BO5Si/c1-23(2,3)29-21(28)16-19(31-33(10,11)24(4,5)6)13-12-14-27-30-22-20-15-18(25(20,7)8)17-26(22,9)32-27/h12-13,18-20,22H,14-17H2,1-11H3/b13-12-/t18-,19?,20+,22-,26+/m1/s1. The van der Waals surface area contributed by atoms with Crippen LogP contribution in [0.3, 0.4) is 0 Å². The van der Waals surface area contributed by atoms with Gasteiger partial charge in [-0.2, -0.15) is 0 Å². The van der Waals surface area contributed by atoms with Crippen molar-refractivity contribution in [1.29, 1.82) is 0 Å². The van der Waals surface area contributed by atoms with Crippen LogP contribution in [-0.4, -0.2) is 44.8 Å². The summed E-state index contributed by atoms with van der Waals surface area (Å²) < 4.78 is 25.0. The molecule has 5 nitrogen and oxygen atoms in total. The molecule has 0 radical (unpaired) electrons. The zero-order valence-corrected chi connectivity index (χ0v) is 23.9. The van der Waals surface area contributed by atoms with E-state index in [0.717, 1.165) is 12.3 Å². The molecule has 2 bridgehead atoms. The number of hydrogen-bond donors (Lipinski definition) is 0. The first-order valence-corrected chi connectivity index (χ1v) is 15.6. The van der Waals surface area contributed by atoms with E-state index in [0.29, 0.717) is 17.7 Å². The molecular formula is C26H47BO5Si. The van der Waals surface area contributed by atoms with E-state index in [4.69, 9.17) is 18.5 Å². The minimum absolute atomic E-state index is 0.0581. The van der Waals surface area contributed by atoms with Gasteiger partial charge in [0.15, 0.2) is 8.32 Å². The fraction of sp³-hybridized carbons (Fsp3) is 0.885. The highest BCUT2D eigenvalue weighted by atomic mass is 28.4. The molecule has 1 heterocycles. The van der Waals surface area contributed by atoms with Gasteiger partial charge in [-0.05, 0) is 75.9 Å². The summed E-state index contributed by atoms with van der Waals surface area (Å²) in [6.45, 7) is 23.7. The summed E-state index contributed by atoms with van der Waals surface area (Å²) in [5.74, 6) is 1.08. The van der Waals surface area contributed by atoms with Crippen LogP contribution in [0.5, 0.6) is 0 Å². The first-order valence-electron chi connectivity index (χ1n) is 12.7. The molecule has 0 aromatic heterocycles. The predicted molar refractivity (Wildman–Crippen MR) is 137 cm³/mol. The van der Waals surface area contributed by atoms with Crippen molar-refractivity contribution in [1.82, 2.24) is 0 Å². The number of carbonyl (C=O) groups is 1. The van der Waals surface area contributed by atoms with Crippen LogP contribution in [0.15, 0.2) is 12.2 Å². The largest absolute Gasteiger partial charge is 0.461 e. The highest BCUT2D eigenvalue weighted by Crippen LogP contribution is 2.64. The Morgan fingerprint density at radius 2 is 1.82 bits per heavy atom. The van der Waals surface area contributed by atoms with Gasteiger partial charge >= 0.3 is 13.1 Å². The van der Waals surface area contributed by atoms with E-state index in [-0.39, 0.29) is 42.4 Å². The number of carbonyl (C=O) groups excluding carboxylic acids is 1. The van der Waals surface area contributed by atoms with Crippen LogP contribution in [0.1, 0.15) is 81.6 Å². The van der Waals surface area contributed by atoms with Crippen LogP contribution in [0, 0.1) is 17.3 Å². The summed E-state index contributed by atoms with van der Waals surface area (Å²) in [6, 6.07) is 0. The van der Waals surface area contributed by atoms with Gasteiger partial charge in [-0.1, -0.05) is 46.8 Å². The molecule has 1 aliphatic heterocycles. The number of ether oxygens (including phenoxy) is 1. The molecule has 5 atom stereocenters. The molecule has 4 fully saturated rings. The van der Waals surface area contributed by atoms with Gasteiger partial charge in [-0.15, -0.1) is 0 Å². The van der Waals surface area contributed by atoms with Gasteiger partial charge < -0.3 is 18.5 Å². The predicted octanol–water partition coefficient (Wildman–Crippen LogP) is 6.39. The summed E-state index contributed by atoms with van der Waals surface area (Å²) in [6.07, 6.45) is 7.17. The highest BCUT2D eigenvalue weighted by molar-refractivity contribution is 6.74. The van der Waals surface area contributed by atoms with Crippen molar-refractivity contribution in [2.75, 3.05) is 0 Å². The molecule has 4 aliphatic rings. The molecule has 0 N–H and O–H groups in total. The van der Waals surface area contributed by atoms with Crippen molar-refractivity contribution < 1.29 is 23.3 Å². The average molecular weight is 479 g/mol. The van der Waals surface area contributed by atoms with Crippen molar-refractivity contribution in [2.24, 2.45) is 17.3 Å². The Kier molecular flexibility index (Phi) is 7.18. The van der Waals surface area contributed by atoms with Gasteiger partial charge in [0.05, 0.1) is 24.2 Å². The summed E-state index contributed by atoms with van der Waals surface area (Å²) in [4.78, 5) is 12.6. The van der Waals surface area contributed by atoms with E-state index in [2.05, 4.69) is 60.7 Å². The van der Waals surface area contributed by atoms with E-state index in [1.807, 2.05) is 26.8 Å². The first-order chi connectivity index (χ1) is 14.8. The Labute approximate surface area is 203 Å². The molecule has 188 valence electrons. The van der Waals surface area contributed by atoms with E-state index in [1.54, 1.807) is 0 Å². The van der Waals surface area contributed by atoms with Crippen molar-refractivity contribution in [2.45, 2.75) is 129 Å². The van der Waals surface area contributed by atoms with Gasteiger partial charge in [-0.25, -0.2) is 0 Å². The number of rotatable bonds is 7. The number of allylic oxidation sites excluding steroid dienone is 1. The van der Waals surface area contributed by atoms with Gasteiger partial charge in [0.1, 0.15) is 5.60 Å². The maximum Gasteiger partial charge on any atom is 0.461 e. The Bertz CT molecular complexity index is 766. The van der Waals surface area contributed by atoms with E-state index in [1.165, 1.54) is 6.42 Å². The lowest BCUT2D eigenvalue weighted by atomic mass is 9.45. The fourth-order valence-electron chi connectivity index (χ4n) is 5.49. The van der Waals surface area contributed by atoms with E-state index < -0.39 is 13.9 Å². The zero-order chi connectivity index (χ0) is 25.0. The molecule has 3 saturated carbocycles. The van der Waals surface area contributed by atoms with Crippen molar-refractivity contribution in [3.05, 3.63) is 12.2 Å². The molecule has 0 amide bonds. The summed E-state index contributed by atoms with van der Waals surface area (Å²) >= 11 is 0. The Morgan fingerprint density at radius 3 is 2.36 bits per heavy atom. The second-order valence-corrected chi connectivity index (χ2v) is 18.6. The molecule has 4 rings (SSSR count). The average Bonchev–Trinajstić information content (AvgIpc) is 2.94. The fourth-order valence-corrected chi connectivity index (χ4v) is 6.76. The number of esters is 1. The minimum Gasteiger partial charge on any atom is -0.460 e. The molecule has 0 aromatic carbocycles. The topological polar surface area (TPSA) is 54.0 Å². The third kappa shape index (κ3) is 5.79. The lowest BCUT2D eigenvalue weighted by molar-refractivity contribution is -0.185. The summed E-state index contributed by atoms with van der Waals surface area (Å²) in [5, 5.41) is 0.0581. The monoisotopic (exact) mass is 478 g/mol. The summed E-state index contributed by atoms with van der Waals surface area (Å²) in [7, 11) is -2.29. The van der Waals surface area contributed by atoms with Crippen LogP contribution in [-0.2, 0) is 23.3 Å². The lowest BCUT2D eigenvalue weighted by Crippen LogP contribution is -2.63. The number of hydrogen-bond acceptors (Lipinski definition) is 5. The van der Waals surface area contributed by atoms with Gasteiger partial charge in [0.25, 0.3) is 0 Å². The molecule has 33 heavy (non-hydrogen) atoms. The van der Waals surface area contributed by atoms with Crippen LogP contribution in [0.25, 0.3) is 0 Å². The second-order valence-electron chi connectivity index (χ2n) is 13.9. The smallest absolute Gasteiger partial charge is 0.460 e. The van der Waals surface area contributed by atoms with Crippen molar-refractivity contribution >= 4 is 21.4 Å². The Morgan fingerprint density at radius 1 is 1.18 bits per heavy atom. The van der Waals surface area contributed by atoms with Gasteiger partial charge in [0, 0.05) is 6.32 Å². The first kappa shape index (κ1) is 27.0. The van der Waals surface area contributed by atoms with Crippen LogP contribution in [0.4, 0.5) is 0 Å². The third-order valence-electron chi connectivity index (χ3n) is 8.58. The zero-order valence-electron chi connectivity index (χ0n) is 22.9. The normalized spacial score (nSPS) is 32.5. The van der Waals surface area contributed by atoms with Crippen molar-refractivity contribution in [3.63, 3.8) is 0 Å². The van der Waals surface area contributed by atoms with Crippen LogP contribution < -0.4 is 0 Å². The third-order valence-corrected chi connectivity index (χ3v) is 13.1. The van der Waals surface area contributed by atoms with E-state index in [9.17, 15) is 4.79 Å². The maximum atomic E-state index is 12.6. The summed E-state index contributed by atoms with van der Waals surface area (Å²) in [5.41, 5.74) is -0.322. The molecule has 0 aromatic rings. The molecular weight excluding hydrogens is 431 g/mol. The second kappa shape index (κ2) is 8.79. The highest BCUT2D eigenvalue weighted by Gasteiger charge is 2.66. The SMILES string of the molecule is CC(C)(C)OC(=O)CC(/C=C\CB1O[C@@H]2[C@@H]3C[C@H](C[C@]2(C)O1)C3(C)C)O[Si](C)(C)C(C)(C)C. The quantitative estimate of drug-likeness (QED) is 0.241. The molecule has 1 saturated heterocycles. The molecule has 3 aliphatic carbocycles. The maximum absolute atomic E-state index is 12.6. The Balaban J connectivity index is 1.64. The lowest BCUT2D eigenvalue weighted by Gasteiger charge is -2.63. The van der Waals surface area contributed by atoms with Crippen molar-refractivity contribution in [3.8, 4) is 0 Å². The molecule has 0 spiro atoms. The van der Waals surface area contributed by atoms with Gasteiger partial charge in [0.2, 0.25) is 0 Å². The molecule has 1 unspecified atom stereocenters. The van der Waals surface area contributed by atoms with Gasteiger partial charge in [-0.3, -0.25) is 4.79 Å². The van der Waals surface area contributed by atoms with Crippen LogP contribution in [0.2, 0.25) is 24.5 Å². The molecule has 7 heteroatoms. The van der Waals surface area contributed by atoms with Crippen LogP contribution >= 0.6 is 0 Å². The minimum atomic E-state index is -2.05.